The van der Waals surface area contributed by atoms with Crippen molar-refractivity contribution in [1.29, 1.82) is 0 Å². The summed E-state index contributed by atoms with van der Waals surface area (Å²) in [6.45, 7) is 31.1. The molecular formula is C30H50N2. The minimum Gasteiger partial charge on any atom is -0.306 e. The lowest BCUT2D eigenvalue weighted by molar-refractivity contribution is -0.0911. The van der Waals surface area contributed by atoms with Crippen molar-refractivity contribution in [3.05, 3.63) is 42.0 Å². The van der Waals surface area contributed by atoms with Gasteiger partial charge in [-0.1, -0.05) is 78.0 Å². The lowest BCUT2D eigenvalue weighted by Crippen LogP contribution is -2.60. The molecule has 2 heteroatoms. The molecule has 0 aliphatic carbocycles. The second kappa shape index (κ2) is 8.58. The average Bonchev–Trinajstić information content (AvgIpc) is 2.71. The summed E-state index contributed by atoms with van der Waals surface area (Å²) in [4.78, 5) is 5.25. The van der Waals surface area contributed by atoms with Gasteiger partial charge in [-0.2, -0.15) is 0 Å². The lowest BCUT2D eigenvalue weighted by Gasteiger charge is -2.59. The normalized spacial score (nSPS) is 20.9. The molecule has 2 heterocycles. The van der Waals surface area contributed by atoms with Crippen molar-refractivity contribution in [2.75, 3.05) is 33.2 Å². The maximum absolute atomic E-state index is 4.10. The standard InChI is InChI=1S/C30H50N2/c1-22(2)23-12-14-24(15-13-23)29(7,8)30(9,10)32-18-16-25(17-19-32)27(3,4)28(5,6)26-20-31(11)21-26/h12-15,25-26H,1,16-21H2,2-11H3. The second-order valence-corrected chi connectivity index (χ2v) is 13.2. The molecule has 3 rings (SSSR count). The van der Waals surface area contributed by atoms with E-state index in [1.165, 1.54) is 50.1 Å². The van der Waals surface area contributed by atoms with Crippen LogP contribution in [0.25, 0.3) is 5.57 Å². The first-order valence-electron chi connectivity index (χ1n) is 12.8. The van der Waals surface area contributed by atoms with E-state index in [4.69, 9.17) is 0 Å². The summed E-state index contributed by atoms with van der Waals surface area (Å²) in [5, 5.41) is 0. The predicted molar refractivity (Wildman–Crippen MR) is 141 cm³/mol. The van der Waals surface area contributed by atoms with Gasteiger partial charge in [0.2, 0.25) is 0 Å². The van der Waals surface area contributed by atoms with Crippen molar-refractivity contribution >= 4 is 5.57 Å². The Hall–Kier alpha value is -1.12. The largest absolute Gasteiger partial charge is 0.306 e. The highest BCUT2D eigenvalue weighted by atomic mass is 15.2. The Balaban J connectivity index is 1.70. The number of hydrogen-bond acceptors (Lipinski definition) is 2. The summed E-state index contributed by atoms with van der Waals surface area (Å²) in [5.41, 5.74) is 4.71. The van der Waals surface area contributed by atoms with Gasteiger partial charge in [-0.15, -0.1) is 0 Å². The van der Waals surface area contributed by atoms with E-state index in [-0.39, 0.29) is 11.0 Å². The zero-order valence-electron chi connectivity index (χ0n) is 22.8. The molecule has 2 saturated heterocycles. The van der Waals surface area contributed by atoms with Gasteiger partial charge < -0.3 is 4.90 Å². The van der Waals surface area contributed by atoms with Crippen LogP contribution in [-0.2, 0) is 5.41 Å². The molecule has 32 heavy (non-hydrogen) atoms. The van der Waals surface area contributed by atoms with E-state index < -0.39 is 0 Å². The van der Waals surface area contributed by atoms with Crippen molar-refractivity contribution in [1.82, 2.24) is 9.80 Å². The average molecular weight is 439 g/mol. The number of piperidine rings is 1. The molecular weight excluding hydrogens is 388 g/mol. The number of allylic oxidation sites excluding steroid dienone is 1. The molecule has 0 saturated carbocycles. The smallest absolute Gasteiger partial charge is 0.0244 e. The van der Waals surface area contributed by atoms with E-state index in [0.717, 1.165) is 17.4 Å². The highest BCUT2D eigenvalue weighted by Gasteiger charge is 2.52. The van der Waals surface area contributed by atoms with Crippen molar-refractivity contribution in [3.8, 4) is 0 Å². The molecule has 0 bridgehead atoms. The first-order valence-corrected chi connectivity index (χ1v) is 12.8. The Morgan fingerprint density at radius 3 is 1.72 bits per heavy atom. The summed E-state index contributed by atoms with van der Waals surface area (Å²) in [6.07, 6.45) is 2.63. The fourth-order valence-corrected chi connectivity index (χ4v) is 6.29. The summed E-state index contributed by atoms with van der Waals surface area (Å²) in [7, 11) is 2.26. The Kier molecular flexibility index (Phi) is 6.84. The van der Waals surface area contributed by atoms with Gasteiger partial charge in [0.25, 0.3) is 0 Å². The van der Waals surface area contributed by atoms with Gasteiger partial charge in [-0.3, -0.25) is 4.90 Å². The molecule has 180 valence electrons. The van der Waals surface area contributed by atoms with Gasteiger partial charge in [-0.05, 0) is 87.5 Å². The first kappa shape index (κ1) is 25.5. The van der Waals surface area contributed by atoms with Crippen LogP contribution in [0.3, 0.4) is 0 Å². The van der Waals surface area contributed by atoms with Crippen LogP contribution in [0.4, 0.5) is 0 Å². The van der Waals surface area contributed by atoms with Crippen LogP contribution in [0.15, 0.2) is 30.8 Å². The number of likely N-dealkylation sites (tertiary alicyclic amines) is 2. The molecule has 0 spiro atoms. The van der Waals surface area contributed by atoms with Gasteiger partial charge >= 0.3 is 0 Å². The van der Waals surface area contributed by atoms with Gasteiger partial charge in [-0.25, -0.2) is 0 Å². The van der Waals surface area contributed by atoms with Crippen molar-refractivity contribution in [2.45, 2.75) is 86.1 Å². The quantitative estimate of drug-likeness (QED) is 0.448. The zero-order chi connectivity index (χ0) is 24.1. The van der Waals surface area contributed by atoms with Gasteiger partial charge in [0.1, 0.15) is 0 Å². The minimum absolute atomic E-state index is 0.0682. The Bertz CT molecular complexity index is 798. The zero-order valence-corrected chi connectivity index (χ0v) is 22.8. The maximum Gasteiger partial charge on any atom is 0.0244 e. The highest BCUT2D eigenvalue weighted by molar-refractivity contribution is 5.61. The van der Waals surface area contributed by atoms with Crippen LogP contribution in [0.5, 0.6) is 0 Å². The SMILES string of the molecule is C=C(C)c1ccc(C(C)(C)C(C)(C)N2CCC(C(C)(C)C(C)(C)C3CN(C)C3)CC2)cc1. The molecule has 1 aromatic rings. The number of nitrogens with zero attached hydrogens (tertiary/aromatic N) is 2. The van der Waals surface area contributed by atoms with Crippen LogP contribution >= 0.6 is 0 Å². The summed E-state index contributed by atoms with van der Waals surface area (Å²) in [5.74, 6) is 1.63. The molecule has 0 N–H and O–H groups in total. The molecule has 2 nitrogen and oxygen atoms in total. The third kappa shape index (κ3) is 4.23. The molecule has 0 unspecified atom stereocenters. The Morgan fingerprint density at radius 2 is 1.28 bits per heavy atom. The van der Waals surface area contributed by atoms with E-state index in [1.54, 1.807) is 0 Å². The highest BCUT2D eigenvalue weighted by Crippen LogP contribution is 2.54. The van der Waals surface area contributed by atoms with Crippen LogP contribution in [0.2, 0.25) is 0 Å². The fourth-order valence-electron chi connectivity index (χ4n) is 6.29. The minimum atomic E-state index is 0.0682. The third-order valence-electron chi connectivity index (χ3n) is 10.7. The van der Waals surface area contributed by atoms with Crippen LogP contribution < -0.4 is 0 Å². The number of hydrogen-bond donors (Lipinski definition) is 0. The van der Waals surface area contributed by atoms with E-state index in [0.29, 0.717) is 10.8 Å². The van der Waals surface area contributed by atoms with Gasteiger partial charge in [0.15, 0.2) is 0 Å². The molecule has 2 aliphatic heterocycles. The Labute approximate surface area is 199 Å². The Morgan fingerprint density at radius 1 is 0.812 bits per heavy atom. The van der Waals surface area contributed by atoms with E-state index in [2.05, 4.69) is 110 Å². The monoisotopic (exact) mass is 438 g/mol. The molecule has 1 aromatic carbocycles. The van der Waals surface area contributed by atoms with Crippen LogP contribution in [0, 0.1) is 22.7 Å². The van der Waals surface area contributed by atoms with Crippen molar-refractivity contribution in [2.24, 2.45) is 22.7 Å². The predicted octanol–water partition coefficient (Wildman–Crippen LogP) is 7.10. The maximum atomic E-state index is 4.10. The summed E-state index contributed by atoms with van der Waals surface area (Å²) in [6, 6.07) is 9.12. The molecule has 2 fully saturated rings. The van der Waals surface area contributed by atoms with E-state index >= 15 is 0 Å². The van der Waals surface area contributed by atoms with Crippen LogP contribution in [-0.4, -0.2) is 48.6 Å². The topological polar surface area (TPSA) is 6.48 Å². The molecule has 2 aliphatic rings. The molecule has 0 atom stereocenters. The number of rotatable bonds is 7. The molecule has 0 amide bonds. The number of benzene rings is 1. The fraction of sp³-hybridized carbons (Fsp3) is 0.733. The van der Waals surface area contributed by atoms with Gasteiger partial charge in [0, 0.05) is 24.0 Å². The van der Waals surface area contributed by atoms with E-state index in [1.807, 2.05) is 0 Å². The third-order valence-corrected chi connectivity index (χ3v) is 10.7. The summed E-state index contributed by atoms with van der Waals surface area (Å²) < 4.78 is 0. The van der Waals surface area contributed by atoms with Crippen molar-refractivity contribution < 1.29 is 0 Å². The van der Waals surface area contributed by atoms with Crippen molar-refractivity contribution in [3.63, 3.8) is 0 Å². The summed E-state index contributed by atoms with van der Waals surface area (Å²) >= 11 is 0. The first-order chi connectivity index (χ1) is 14.6. The second-order valence-electron chi connectivity index (χ2n) is 13.2. The van der Waals surface area contributed by atoms with Gasteiger partial charge in [0.05, 0.1) is 0 Å². The molecule has 0 radical (unpaired) electrons. The molecule has 0 aromatic heterocycles. The lowest BCUT2D eigenvalue weighted by atomic mass is 9.53. The van der Waals surface area contributed by atoms with Crippen LogP contribution in [0.1, 0.15) is 86.3 Å². The van der Waals surface area contributed by atoms with E-state index in [9.17, 15) is 0 Å².